The molecule has 0 aliphatic heterocycles. The monoisotopic (exact) mass is 256 g/mol. The molecule has 0 bridgehead atoms. The summed E-state index contributed by atoms with van der Waals surface area (Å²) >= 11 is 6.48. The number of hydrogen-bond donors (Lipinski definition) is 1. The summed E-state index contributed by atoms with van der Waals surface area (Å²) in [5.41, 5.74) is 0. The molecule has 1 nitrogen and oxygen atoms in total. The molecule has 0 saturated heterocycles. The lowest BCUT2D eigenvalue weighted by molar-refractivity contribution is 0.285. The second-order valence-electron chi connectivity index (χ2n) is 1.71. The summed E-state index contributed by atoms with van der Waals surface area (Å²) in [7, 11) is 0. The zero-order valence-corrected chi connectivity index (χ0v) is 8.28. The van der Waals surface area contributed by atoms with Gasteiger partial charge in [0.05, 0.1) is 3.39 Å². The van der Waals surface area contributed by atoms with Gasteiger partial charge in [-0.25, -0.2) is 0 Å². The minimum Gasteiger partial charge on any atom is -0.396 e. The van der Waals surface area contributed by atoms with E-state index in [9.17, 15) is 0 Å². The number of halogens is 2. The minimum absolute atomic E-state index is 0.299. The fraction of sp³-hybridized carbons (Fsp3) is 0.667. The summed E-state index contributed by atoms with van der Waals surface area (Å²) in [5, 5.41) is 8.39. The molecular weight excluding hydrogens is 248 g/mol. The molecule has 0 aliphatic rings. The summed E-state index contributed by atoms with van der Waals surface area (Å²) < 4.78 is 0.993. The molecule has 0 heterocycles. The van der Waals surface area contributed by atoms with Gasteiger partial charge in [0, 0.05) is 6.61 Å². The van der Waals surface area contributed by atoms with E-state index in [1.54, 1.807) is 0 Å². The molecule has 0 aromatic rings. The van der Waals surface area contributed by atoms with E-state index in [1.165, 1.54) is 0 Å². The normalized spacial score (nSPS) is 9.22. The molecule has 0 saturated carbocycles. The van der Waals surface area contributed by atoms with Gasteiger partial charge < -0.3 is 5.11 Å². The van der Waals surface area contributed by atoms with Crippen LogP contribution >= 0.6 is 31.9 Å². The number of hydrogen-bond acceptors (Lipinski definition) is 1. The SMILES string of the molecule is OCCCCC=C(Br)Br. The van der Waals surface area contributed by atoms with Crippen molar-refractivity contribution in [2.75, 3.05) is 6.61 Å². The summed E-state index contributed by atoms with van der Waals surface area (Å²) in [6.07, 6.45) is 5.00. The van der Waals surface area contributed by atoms with Crippen molar-refractivity contribution in [1.29, 1.82) is 0 Å². The number of rotatable bonds is 4. The Bertz CT molecular complexity index is 87.1. The highest BCUT2D eigenvalue weighted by atomic mass is 79.9. The first-order valence-electron chi connectivity index (χ1n) is 2.89. The van der Waals surface area contributed by atoms with Gasteiger partial charge in [-0.3, -0.25) is 0 Å². The predicted octanol–water partition coefficient (Wildman–Crippen LogP) is 2.78. The maximum atomic E-state index is 8.39. The first-order chi connectivity index (χ1) is 4.27. The zero-order chi connectivity index (χ0) is 7.11. The maximum absolute atomic E-state index is 8.39. The molecule has 0 rings (SSSR count). The molecule has 54 valence electrons. The molecule has 0 aliphatic carbocycles. The molecule has 0 aromatic heterocycles. The van der Waals surface area contributed by atoms with E-state index in [4.69, 9.17) is 5.11 Å². The van der Waals surface area contributed by atoms with Crippen molar-refractivity contribution in [2.45, 2.75) is 19.3 Å². The van der Waals surface area contributed by atoms with Gasteiger partial charge in [-0.2, -0.15) is 0 Å². The van der Waals surface area contributed by atoms with Crippen LogP contribution in [0.15, 0.2) is 9.47 Å². The average molecular weight is 258 g/mol. The number of aliphatic hydroxyl groups excluding tert-OH is 1. The smallest absolute Gasteiger partial charge is 0.0564 e. The lowest BCUT2D eigenvalue weighted by Crippen LogP contribution is -1.79. The van der Waals surface area contributed by atoms with Gasteiger partial charge in [0.2, 0.25) is 0 Å². The van der Waals surface area contributed by atoms with Gasteiger partial charge in [-0.05, 0) is 51.1 Å². The lowest BCUT2D eigenvalue weighted by atomic mass is 10.2. The standard InChI is InChI=1S/C6H10Br2O/c7-6(8)4-2-1-3-5-9/h4,9H,1-3,5H2. The third-order valence-corrected chi connectivity index (χ3v) is 1.56. The van der Waals surface area contributed by atoms with Crippen LogP contribution in [0.2, 0.25) is 0 Å². The molecule has 0 atom stereocenters. The fourth-order valence-corrected chi connectivity index (χ4v) is 0.925. The van der Waals surface area contributed by atoms with Crippen molar-refractivity contribution in [2.24, 2.45) is 0 Å². The predicted molar refractivity (Wildman–Crippen MR) is 46.9 cm³/mol. The molecular formula is C6H10Br2O. The maximum Gasteiger partial charge on any atom is 0.0564 e. The second kappa shape index (κ2) is 6.78. The van der Waals surface area contributed by atoms with Crippen molar-refractivity contribution >= 4 is 31.9 Å². The van der Waals surface area contributed by atoms with E-state index >= 15 is 0 Å². The van der Waals surface area contributed by atoms with Crippen LogP contribution in [0.4, 0.5) is 0 Å². The molecule has 3 heteroatoms. The highest BCUT2D eigenvalue weighted by Crippen LogP contribution is 2.14. The van der Waals surface area contributed by atoms with Gasteiger partial charge >= 0.3 is 0 Å². The van der Waals surface area contributed by atoms with Crippen molar-refractivity contribution < 1.29 is 5.11 Å². The summed E-state index contributed by atoms with van der Waals surface area (Å²) in [6.45, 7) is 0.299. The van der Waals surface area contributed by atoms with Crippen molar-refractivity contribution in [3.8, 4) is 0 Å². The van der Waals surface area contributed by atoms with E-state index in [0.29, 0.717) is 6.61 Å². The van der Waals surface area contributed by atoms with E-state index in [1.807, 2.05) is 6.08 Å². The molecule has 0 aromatic carbocycles. The first kappa shape index (κ1) is 9.66. The second-order valence-corrected chi connectivity index (χ2v) is 4.49. The molecule has 9 heavy (non-hydrogen) atoms. The number of unbranched alkanes of at least 4 members (excludes halogenated alkanes) is 2. The third kappa shape index (κ3) is 8.66. The van der Waals surface area contributed by atoms with Crippen LogP contribution in [0.3, 0.4) is 0 Å². The molecule has 1 N–H and O–H groups in total. The number of aliphatic hydroxyl groups is 1. The van der Waals surface area contributed by atoms with Crippen LogP contribution in [0.1, 0.15) is 19.3 Å². The van der Waals surface area contributed by atoms with E-state index in [-0.39, 0.29) is 0 Å². The quantitative estimate of drug-likeness (QED) is 0.768. The molecule has 0 radical (unpaired) electrons. The topological polar surface area (TPSA) is 20.2 Å². The zero-order valence-electron chi connectivity index (χ0n) is 5.11. The first-order valence-corrected chi connectivity index (χ1v) is 4.48. The highest BCUT2D eigenvalue weighted by molar-refractivity contribution is 9.28. The van der Waals surface area contributed by atoms with Crippen molar-refractivity contribution in [3.05, 3.63) is 9.47 Å². The Labute approximate surface area is 72.4 Å². The minimum atomic E-state index is 0.299. The Balaban J connectivity index is 3.00. The Hall–Kier alpha value is 0.660. The molecule has 0 fully saturated rings. The van der Waals surface area contributed by atoms with Crippen LogP contribution in [0.25, 0.3) is 0 Å². The van der Waals surface area contributed by atoms with Gasteiger partial charge in [0.25, 0.3) is 0 Å². The van der Waals surface area contributed by atoms with Crippen LogP contribution in [0, 0.1) is 0 Å². The van der Waals surface area contributed by atoms with E-state index in [2.05, 4.69) is 31.9 Å². The van der Waals surface area contributed by atoms with Crippen LogP contribution in [-0.4, -0.2) is 11.7 Å². The Morgan fingerprint density at radius 1 is 1.33 bits per heavy atom. The van der Waals surface area contributed by atoms with Crippen molar-refractivity contribution in [1.82, 2.24) is 0 Å². The van der Waals surface area contributed by atoms with E-state index in [0.717, 1.165) is 22.7 Å². The van der Waals surface area contributed by atoms with Crippen LogP contribution < -0.4 is 0 Å². The molecule has 0 amide bonds. The molecule has 0 unspecified atom stereocenters. The number of allylic oxidation sites excluding steroid dienone is 1. The van der Waals surface area contributed by atoms with Gasteiger partial charge in [0.1, 0.15) is 0 Å². The molecule has 0 spiro atoms. The van der Waals surface area contributed by atoms with Crippen LogP contribution in [0.5, 0.6) is 0 Å². The van der Waals surface area contributed by atoms with Gasteiger partial charge in [0.15, 0.2) is 0 Å². The van der Waals surface area contributed by atoms with Gasteiger partial charge in [-0.15, -0.1) is 0 Å². The average Bonchev–Trinajstić information content (AvgIpc) is 1.80. The lowest BCUT2D eigenvalue weighted by Gasteiger charge is -1.90. The third-order valence-electron chi connectivity index (χ3n) is 0.911. The van der Waals surface area contributed by atoms with Crippen molar-refractivity contribution in [3.63, 3.8) is 0 Å². The summed E-state index contributed by atoms with van der Waals surface area (Å²) in [6, 6.07) is 0. The fourth-order valence-electron chi connectivity index (χ4n) is 0.467. The largest absolute Gasteiger partial charge is 0.396 e. The van der Waals surface area contributed by atoms with Gasteiger partial charge in [-0.1, -0.05) is 6.08 Å². The van der Waals surface area contributed by atoms with Crippen LogP contribution in [-0.2, 0) is 0 Å². The highest BCUT2D eigenvalue weighted by Gasteiger charge is 1.84. The Kier molecular flexibility index (Phi) is 7.27. The summed E-state index contributed by atoms with van der Waals surface area (Å²) in [4.78, 5) is 0. The summed E-state index contributed by atoms with van der Waals surface area (Å²) in [5.74, 6) is 0. The van der Waals surface area contributed by atoms with E-state index < -0.39 is 0 Å². The Morgan fingerprint density at radius 3 is 2.44 bits per heavy atom. The Morgan fingerprint density at radius 2 is 2.00 bits per heavy atom.